The molecule has 0 aliphatic rings. The summed E-state index contributed by atoms with van der Waals surface area (Å²) in [7, 11) is 0. The van der Waals surface area contributed by atoms with Crippen molar-refractivity contribution < 1.29 is 4.42 Å². The molecule has 9 rings (SSSR count). The molecular formula is C50H37N3O. The van der Waals surface area contributed by atoms with E-state index in [1.807, 2.05) is 54.6 Å². The lowest BCUT2D eigenvalue weighted by molar-refractivity contribution is 0.668. The molecule has 0 unspecified atom stereocenters. The lowest BCUT2D eigenvalue weighted by Gasteiger charge is -2.10. The maximum atomic E-state index is 6.53. The number of aryl methyl sites for hydroxylation is 1. The molecule has 0 aliphatic heterocycles. The van der Waals surface area contributed by atoms with Gasteiger partial charge in [-0.2, -0.15) is 0 Å². The van der Waals surface area contributed by atoms with Crippen molar-refractivity contribution in [2.75, 3.05) is 0 Å². The molecular weight excluding hydrogens is 659 g/mol. The zero-order valence-corrected chi connectivity index (χ0v) is 30.2. The van der Waals surface area contributed by atoms with Crippen LogP contribution in [0.2, 0.25) is 0 Å². The predicted molar refractivity (Wildman–Crippen MR) is 228 cm³/mol. The Labute approximate surface area is 314 Å². The topological polar surface area (TPSA) is 42.8 Å². The van der Waals surface area contributed by atoms with Gasteiger partial charge in [0.25, 0.3) is 0 Å². The number of amidine groups is 1. The van der Waals surface area contributed by atoms with Gasteiger partial charge in [0.05, 0.1) is 16.7 Å². The molecule has 4 heteroatoms. The van der Waals surface area contributed by atoms with Crippen LogP contribution in [0.3, 0.4) is 0 Å². The normalized spacial score (nSPS) is 12.7. The molecule has 0 bridgehead atoms. The molecule has 0 fully saturated rings. The monoisotopic (exact) mass is 695 g/mol. The number of allylic oxidation sites excluding steroid dienone is 2. The SMILES string of the molecule is C=C/C=C(/N=C(\N=C(/C)c1cc(C)cc2oc3ccc(-c4ccc5c(c4)c4ccccc4n5-c4ccccc4)cc3c12)c1ccccc1)c1ccccc1. The Balaban J connectivity index is 1.20. The number of aromatic nitrogens is 1. The predicted octanol–water partition coefficient (Wildman–Crippen LogP) is 13.1. The second-order valence-electron chi connectivity index (χ2n) is 13.6. The average Bonchev–Trinajstić information content (AvgIpc) is 3.75. The minimum absolute atomic E-state index is 0.621. The Morgan fingerprint density at radius 1 is 0.593 bits per heavy atom. The summed E-state index contributed by atoms with van der Waals surface area (Å²) in [6.07, 6.45) is 3.69. The van der Waals surface area contributed by atoms with Gasteiger partial charge in [0, 0.05) is 49.6 Å². The first-order valence-electron chi connectivity index (χ1n) is 18.2. The Bertz CT molecular complexity index is 2940. The number of fused-ring (bicyclic) bond motifs is 6. The summed E-state index contributed by atoms with van der Waals surface area (Å²) in [5.74, 6) is 0.621. The van der Waals surface area contributed by atoms with E-state index >= 15 is 0 Å². The van der Waals surface area contributed by atoms with Crippen LogP contribution in [0, 0.1) is 6.92 Å². The number of nitrogens with zero attached hydrogens (tertiary/aromatic N) is 3. The smallest absolute Gasteiger partial charge is 0.160 e. The molecule has 0 saturated heterocycles. The number of benzene rings is 7. The highest BCUT2D eigenvalue weighted by Gasteiger charge is 2.18. The van der Waals surface area contributed by atoms with Gasteiger partial charge in [-0.05, 0) is 91.2 Å². The molecule has 258 valence electrons. The maximum absolute atomic E-state index is 6.53. The fourth-order valence-electron chi connectivity index (χ4n) is 7.51. The van der Waals surface area contributed by atoms with E-state index in [1.54, 1.807) is 6.08 Å². The van der Waals surface area contributed by atoms with E-state index in [0.717, 1.165) is 72.4 Å². The zero-order valence-electron chi connectivity index (χ0n) is 30.2. The molecule has 2 aromatic heterocycles. The van der Waals surface area contributed by atoms with Crippen molar-refractivity contribution in [3.05, 3.63) is 205 Å². The van der Waals surface area contributed by atoms with Crippen LogP contribution in [0.15, 0.2) is 197 Å². The van der Waals surface area contributed by atoms with Gasteiger partial charge in [-0.15, -0.1) is 0 Å². The Morgan fingerprint density at radius 2 is 1.22 bits per heavy atom. The molecule has 4 nitrogen and oxygen atoms in total. The highest BCUT2D eigenvalue weighted by molar-refractivity contribution is 6.22. The van der Waals surface area contributed by atoms with Crippen LogP contribution in [0.1, 0.15) is 29.2 Å². The van der Waals surface area contributed by atoms with Gasteiger partial charge < -0.3 is 8.98 Å². The number of rotatable bonds is 7. The average molecular weight is 696 g/mol. The summed E-state index contributed by atoms with van der Waals surface area (Å²) in [5.41, 5.74) is 13.1. The molecule has 2 heterocycles. The maximum Gasteiger partial charge on any atom is 0.160 e. The Kier molecular flexibility index (Phi) is 8.41. The van der Waals surface area contributed by atoms with Crippen molar-refractivity contribution in [2.45, 2.75) is 13.8 Å². The fourth-order valence-corrected chi connectivity index (χ4v) is 7.51. The third-order valence-electron chi connectivity index (χ3n) is 10.0. The van der Waals surface area contributed by atoms with E-state index < -0.39 is 0 Å². The van der Waals surface area contributed by atoms with Crippen molar-refractivity contribution in [1.82, 2.24) is 4.57 Å². The summed E-state index contributed by atoms with van der Waals surface area (Å²) >= 11 is 0. The van der Waals surface area contributed by atoms with Gasteiger partial charge in [0.1, 0.15) is 11.2 Å². The van der Waals surface area contributed by atoms with Crippen LogP contribution in [-0.2, 0) is 0 Å². The van der Waals surface area contributed by atoms with Crippen LogP contribution >= 0.6 is 0 Å². The highest BCUT2D eigenvalue weighted by Crippen LogP contribution is 2.38. The number of furan rings is 1. The summed E-state index contributed by atoms with van der Waals surface area (Å²) in [4.78, 5) is 10.4. The van der Waals surface area contributed by atoms with E-state index in [1.165, 1.54) is 21.8 Å². The van der Waals surface area contributed by atoms with E-state index in [9.17, 15) is 0 Å². The third kappa shape index (κ3) is 5.94. The second-order valence-corrected chi connectivity index (χ2v) is 13.6. The van der Waals surface area contributed by atoms with Gasteiger partial charge in [-0.1, -0.05) is 122 Å². The van der Waals surface area contributed by atoms with Crippen molar-refractivity contribution in [1.29, 1.82) is 0 Å². The van der Waals surface area contributed by atoms with Crippen LogP contribution < -0.4 is 0 Å². The first-order chi connectivity index (χ1) is 26.6. The fraction of sp³-hybridized carbons (Fsp3) is 0.0400. The van der Waals surface area contributed by atoms with E-state index in [0.29, 0.717) is 5.84 Å². The molecule has 0 atom stereocenters. The molecule has 7 aromatic carbocycles. The molecule has 0 spiro atoms. The second kappa shape index (κ2) is 13.8. The van der Waals surface area contributed by atoms with Gasteiger partial charge in [-0.25, -0.2) is 9.98 Å². The molecule has 54 heavy (non-hydrogen) atoms. The summed E-state index contributed by atoms with van der Waals surface area (Å²) in [6.45, 7) is 8.12. The van der Waals surface area contributed by atoms with Crippen LogP contribution in [0.5, 0.6) is 0 Å². The van der Waals surface area contributed by atoms with E-state index in [4.69, 9.17) is 14.4 Å². The standard InChI is InChI=1S/C50H37N3O/c1-4-16-44(35-17-8-5-9-18-35)52-50(36-19-10-6-11-20-36)51-34(3)41-29-33(2)30-48-49(41)43-32-38(26-28-47(43)54-48)37-25-27-46-42(31-37)40-23-14-15-24-45(40)53(46)39-21-12-7-13-22-39/h4-32H,1H2,2-3H3/b44-16+,51-34+,52-50-. The van der Waals surface area contributed by atoms with Gasteiger partial charge in [0.2, 0.25) is 0 Å². The largest absolute Gasteiger partial charge is 0.456 e. The number of hydrogen-bond donors (Lipinski definition) is 0. The summed E-state index contributed by atoms with van der Waals surface area (Å²) in [5, 5.41) is 4.54. The summed E-state index contributed by atoms with van der Waals surface area (Å²) < 4.78 is 8.88. The van der Waals surface area contributed by atoms with E-state index in [-0.39, 0.29) is 0 Å². The minimum atomic E-state index is 0.621. The third-order valence-corrected chi connectivity index (χ3v) is 10.0. The van der Waals surface area contributed by atoms with Gasteiger partial charge in [-0.3, -0.25) is 0 Å². The van der Waals surface area contributed by atoms with Crippen LogP contribution in [-0.4, -0.2) is 16.1 Å². The number of para-hydroxylation sites is 2. The zero-order chi connectivity index (χ0) is 36.6. The quantitative estimate of drug-likeness (QED) is 0.0930. The van der Waals surface area contributed by atoms with E-state index in [2.05, 4.69) is 140 Å². The van der Waals surface area contributed by atoms with Crippen molar-refractivity contribution in [2.24, 2.45) is 9.98 Å². The Hall–Kier alpha value is -7.04. The molecule has 0 amide bonds. The lowest BCUT2D eigenvalue weighted by Crippen LogP contribution is -2.05. The number of hydrogen-bond acceptors (Lipinski definition) is 2. The minimum Gasteiger partial charge on any atom is -0.456 e. The number of aliphatic imine (C=N–C) groups is 2. The molecule has 0 radical (unpaired) electrons. The molecule has 9 aromatic rings. The van der Waals surface area contributed by atoms with Crippen LogP contribution in [0.25, 0.3) is 66.3 Å². The van der Waals surface area contributed by atoms with Gasteiger partial charge in [0.15, 0.2) is 5.84 Å². The van der Waals surface area contributed by atoms with Crippen molar-refractivity contribution in [3.8, 4) is 16.8 Å². The molecule has 0 aliphatic carbocycles. The van der Waals surface area contributed by atoms with Crippen molar-refractivity contribution in [3.63, 3.8) is 0 Å². The lowest BCUT2D eigenvalue weighted by atomic mass is 9.97. The molecule has 0 N–H and O–H groups in total. The van der Waals surface area contributed by atoms with Crippen LogP contribution in [0.4, 0.5) is 0 Å². The molecule has 0 saturated carbocycles. The first kappa shape index (κ1) is 32.8. The highest BCUT2D eigenvalue weighted by atomic mass is 16.3. The van der Waals surface area contributed by atoms with Crippen molar-refractivity contribution >= 4 is 61.0 Å². The Morgan fingerprint density at radius 3 is 1.96 bits per heavy atom. The van der Waals surface area contributed by atoms with Gasteiger partial charge >= 0.3 is 0 Å². The first-order valence-corrected chi connectivity index (χ1v) is 18.2. The summed E-state index contributed by atoms with van der Waals surface area (Å²) in [6, 6.07) is 57.1.